The highest BCUT2D eigenvalue weighted by atomic mass is 35.5. The van der Waals surface area contributed by atoms with Crippen LogP contribution in [0.15, 0.2) is 79.5 Å². The van der Waals surface area contributed by atoms with Crippen LogP contribution in [0, 0.1) is 0 Å². The Bertz CT molecular complexity index is 1090. The molecule has 1 unspecified atom stereocenters. The van der Waals surface area contributed by atoms with Gasteiger partial charge < -0.3 is 14.8 Å². The van der Waals surface area contributed by atoms with Crippen LogP contribution in [0.4, 0.5) is 0 Å². The van der Waals surface area contributed by atoms with Gasteiger partial charge in [0.25, 0.3) is 0 Å². The van der Waals surface area contributed by atoms with E-state index < -0.39 is 0 Å². The van der Waals surface area contributed by atoms with Gasteiger partial charge >= 0.3 is 5.97 Å². The van der Waals surface area contributed by atoms with E-state index in [1.807, 2.05) is 54.7 Å². The van der Waals surface area contributed by atoms with E-state index >= 15 is 0 Å². The number of pyridine rings is 1. The Balaban J connectivity index is 0.00000342. The van der Waals surface area contributed by atoms with Crippen LogP contribution in [0.2, 0.25) is 0 Å². The molecule has 0 amide bonds. The van der Waals surface area contributed by atoms with Gasteiger partial charge in [0.05, 0.1) is 13.0 Å². The Kier molecular flexibility index (Phi) is 10.3. The number of allylic oxidation sites excluding steroid dienone is 1. The Morgan fingerprint density at radius 1 is 1.09 bits per heavy atom. The van der Waals surface area contributed by atoms with Crippen molar-refractivity contribution in [2.75, 3.05) is 13.2 Å². The number of unbranched alkanes of at least 4 members (excludes halogenated alkanes) is 1. The van der Waals surface area contributed by atoms with Crippen molar-refractivity contribution < 1.29 is 14.3 Å². The van der Waals surface area contributed by atoms with Crippen molar-refractivity contribution in [1.29, 1.82) is 0 Å². The molecule has 6 heteroatoms. The third kappa shape index (κ3) is 7.67. The van der Waals surface area contributed by atoms with Gasteiger partial charge in [-0.1, -0.05) is 60.7 Å². The average Bonchev–Trinajstić information content (AvgIpc) is 2.89. The molecule has 1 aromatic heterocycles. The second-order valence-corrected chi connectivity index (χ2v) is 8.57. The summed E-state index contributed by atoms with van der Waals surface area (Å²) in [5.41, 5.74) is 5.71. The summed E-state index contributed by atoms with van der Waals surface area (Å²) in [6, 6.07) is 20.2. The summed E-state index contributed by atoms with van der Waals surface area (Å²) in [6.45, 7) is 6.46. The lowest BCUT2D eigenvalue weighted by molar-refractivity contribution is -0.145. The predicted molar refractivity (Wildman–Crippen MR) is 141 cm³/mol. The summed E-state index contributed by atoms with van der Waals surface area (Å²) in [6.07, 6.45) is 6.80. The minimum Gasteiger partial charge on any atom is -0.478 e. The highest BCUT2D eigenvalue weighted by Crippen LogP contribution is 2.31. The lowest BCUT2D eigenvalue weighted by atomic mass is 9.86. The van der Waals surface area contributed by atoms with Gasteiger partial charge in [0.1, 0.15) is 6.61 Å². The first-order valence-electron chi connectivity index (χ1n) is 11.9. The van der Waals surface area contributed by atoms with Crippen molar-refractivity contribution in [2.24, 2.45) is 0 Å². The maximum absolute atomic E-state index is 12.8. The number of aromatic nitrogens is 1. The Hall–Kier alpha value is -3.15. The zero-order chi connectivity index (χ0) is 23.6. The van der Waals surface area contributed by atoms with E-state index in [-0.39, 0.29) is 37.3 Å². The van der Waals surface area contributed by atoms with Gasteiger partial charge in [-0.2, -0.15) is 0 Å². The molecule has 2 heterocycles. The van der Waals surface area contributed by atoms with Gasteiger partial charge in [-0.3, -0.25) is 4.79 Å². The summed E-state index contributed by atoms with van der Waals surface area (Å²) >= 11 is 0. The van der Waals surface area contributed by atoms with Crippen molar-refractivity contribution in [1.82, 2.24) is 10.3 Å². The molecule has 0 spiro atoms. The van der Waals surface area contributed by atoms with Crippen LogP contribution >= 0.6 is 12.4 Å². The number of halogens is 1. The van der Waals surface area contributed by atoms with Crippen LogP contribution in [0.3, 0.4) is 0 Å². The zero-order valence-electron chi connectivity index (χ0n) is 19.9. The van der Waals surface area contributed by atoms with Gasteiger partial charge in [-0.15, -0.1) is 19.0 Å². The molecule has 3 aromatic rings. The van der Waals surface area contributed by atoms with E-state index in [1.54, 1.807) is 0 Å². The molecule has 1 aliphatic rings. The molecule has 0 saturated carbocycles. The first-order valence-corrected chi connectivity index (χ1v) is 11.9. The summed E-state index contributed by atoms with van der Waals surface area (Å²) < 4.78 is 11.3. The van der Waals surface area contributed by atoms with Crippen LogP contribution < -0.4 is 10.1 Å². The quantitative estimate of drug-likeness (QED) is 0.209. The smallest absolute Gasteiger partial charge is 0.307 e. The predicted octanol–water partition coefficient (Wildman–Crippen LogP) is 5.76. The standard InChI is InChI=1S/C29H32N2O3.ClH/c1-2-3-7-16-33-28-13-12-25(20-31-28)27(18-29(32)34-21-22-8-5-4-6-9-22)24-11-10-23-14-15-30-19-26(23)17-24;/h2,4-6,8-13,17,20,27,30H,1,3,7,14-16,18-19,21H2;1H. The molecule has 1 aliphatic heterocycles. The highest BCUT2D eigenvalue weighted by Gasteiger charge is 2.22. The molecule has 1 atom stereocenters. The SMILES string of the molecule is C=CCCCOc1ccc(C(CC(=O)OCc2ccccc2)c2ccc3c(c2)CNCC3)cn1.Cl. The minimum atomic E-state index is -0.227. The van der Waals surface area contributed by atoms with E-state index in [2.05, 4.69) is 35.1 Å². The normalized spacial score (nSPS) is 13.1. The Morgan fingerprint density at radius 2 is 1.91 bits per heavy atom. The van der Waals surface area contributed by atoms with Crippen molar-refractivity contribution in [3.05, 3.63) is 107 Å². The van der Waals surface area contributed by atoms with Crippen LogP contribution in [-0.2, 0) is 29.1 Å². The molecule has 0 saturated heterocycles. The van der Waals surface area contributed by atoms with Crippen LogP contribution in [0.25, 0.3) is 0 Å². The first-order chi connectivity index (χ1) is 16.7. The van der Waals surface area contributed by atoms with Gasteiger partial charge in [-0.25, -0.2) is 4.98 Å². The zero-order valence-corrected chi connectivity index (χ0v) is 20.8. The van der Waals surface area contributed by atoms with E-state index in [9.17, 15) is 4.79 Å². The molecule has 35 heavy (non-hydrogen) atoms. The molecule has 0 radical (unpaired) electrons. The summed E-state index contributed by atoms with van der Waals surface area (Å²) in [5.74, 6) is 0.222. The van der Waals surface area contributed by atoms with Crippen molar-refractivity contribution in [3.63, 3.8) is 0 Å². The van der Waals surface area contributed by atoms with Crippen molar-refractivity contribution in [2.45, 2.75) is 44.8 Å². The molecule has 5 nitrogen and oxygen atoms in total. The molecular formula is C29H33ClN2O3. The monoisotopic (exact) mass is 492 g/mol. The number of hydrogen-bond acceptors (Lipinski definition) is 5. The lowest BCUT2D eigenvalue weighted by Crippen LogP contribution is -2.24. The van der Waals surface area contributed by atoms with Gasteiger partial charge in [0, 0.05) is 24.7 Å². The number of hydrogen-bond donors (Lipinski definition) is 1. The van der Waals surface area contributed by atoms with E-state index in [4.69, 9.17) is 9.47 Å². The average molecular weight is 493 g/mol. The number of fused-ring (bicyclic) bond motifs is 1. The van der Waals surface area contributed by atoms with Gasteiger partial charge in [0.15, 0.2) is 0 Å². The molecular weight excluding hydrogens is 460 g/mol. The fourth-order valence-corrected chi connectivity index (χ4v) is 4.20. The number of carbonyl (C=O) groups is 1. The number of esters is 1. The molecule has 4 rings (SSSR count). The van der Waals surface area contributed by atoms with E-state index in [0.717, 1.165) is 49.0 Å². The Labute approximate surface area is 214 Å². The number of ether oxygens (including phenoxy) is 2. The fraction of sp³-hybridized carbons (Fsp3) is 0.310. The lowest BCUT2D eigenvalue weighted by Gasteiger charge is -2.22. The molecule has 1 N–H and O–H groups in total. The van der Waals surface area contributed by atoms with Crippen LogP contribution in [0.5, 0.6) is 5.88 Å². The van der Waals surface area contributed by atoms with E-state index in [0.29, 0.717) is 12.5 Å². The van der Waals surface area contributed by atoms with Crippen molar-refractivity contribution >= 4 is 18.4 Å². The number of benzene rings is 2. The second kappa shape index (κ2) is 13.7. The van der Waals surface area contributed by atoms with Gasteiger partial charge in [0.2, 0.25) is 5.88 Å². The molecule has 0 aliphatic carbocycles. The third-order valence-electron chi connectivity index (χ3n) is 6.10. The number of carbonyl (C=O) groups excluding carboxylic acids is 1. The highest BCUT2D eigenvalue weighted by molar-refractivity contribution is 5.85. The summed E-state index contributed by atoms with van der Waals surface area (Å²) in [5, 5.41) is 3.44. The largest absolute Gasteiger partial charge is 0.478 e. The second-order valence-electron chi connectivity index (χ2n) is 8.57. The minimum absolute atomic E-state index is 0. The van der Waals surface area contributed by atoms with E-state index in [1.165, 1.54) is 11.1 Å². The molecule has 2 aromatic carbocycles. The topological polar surface area (TPSA) is 60.5 Å². The first kappa shape index (κ1) is 26.5. The van der Waals surface area contributed by atoms with Gasteiger partial charge in [-0.05, 0) is 53.6 Å². The maximum Gasteiger partial charge on any atom is 0.307 e. The van der Waals surface area contributed by atoms with Crippen LogP contribution in [-0.4, -0.2) is 24.1 Å². The Morgan fingerprint density at radius 3 is 2.69 bits per heavy atom. The molecule has 0 fully saturated rings. The number of nitrogens with zero attached hydrogens (tertiary/aromatic N) is 1. The maximum atomic E-state index is 12.8. The molecule has 0 bridgehead atoms. The summed E-state index contributed by atoms with van der Waals surface area (Å²) in [4.78, 5) is 17.3. The number of nitrogens with one attached hydrogen (secondary N) is 1. The van der Waals surface area contributed by atoms with Crippen molar-refractivity contribution in [3.8, 4) is 5.88 Å². The number of rotatable bonds is 11. The fourth-order valence-electron chi connectivity index (χ4n) is 4.20. The van der Waals surface area contributed by atoms with Crippen LogP contribution in [0.1, 0.15) is 53.0 Å². The summed E-state index contributed by atoms with van der Waals surface area (Å²) in [7, 11) is 0. The third-order valence-corrected chi connectivity index (χ3v) is 6.10. The molecule has 184 valence electrons.